The molecule has 0 aromatic rings. The van der Waals surface area contributed by atoms with Gasteiger partial charge in [-0.25, -0.2) is 9.13 Å². The Labute approximate surface area is 132 Å². The molecule has 0 aromatic heterocycles. The van der Waals surface area contributed by atoms with Crippen molar-refractivity contribution < 1.29 is 27.0 Å². The van der Waals surface area contributed by atoms with Crippen molar-refractivity contribution in [3.8, 4) is 0 Å². The number of rotatable bonds is 10. The van der Waals surface area contributed by atoms with Crippen molar-refractivity contribution in [2.24, 2.45) is 0 Å². The third-order valence-electron chi connectivity index (χ3n) is 1.56. The monoisotopic (exact) mass is 362 g/mol. The van der Waals surface area contributed by atoms with Crippen LogP contribution in [0.5, 0.6) is 0 Å². The second-order valence-corrected chi connectivity index (χ2v) is 11.8. The smallest absolute Gasteiger partial charge is 0.298 e. The molecule has 0 aromatic carbocycles. The summed E-state index contributed by atoms with van der Waals surface area (Å²) in [4.78, 5) is 0. The van der Waals surface area contributed by atoms with E-state index in [9.17, 15) is 9.13 Å². The van der Waals surface area contributed by atoms with Crippen LogP contribution in [0.1, 0.15) is 55.4 Å². The molecule has 0 aliphatic carbocycles. The summed E-state index contributed by atoms with van der Waals surface area (Å²) < 4.78 is 46.6. The third kappa shape index (κ3) is 10.1. The first kappa shape index (κ1) is 21.6. The SMILES string of the molecule is CC(C)OP(=O)(OC(C)C)OP(=O)(OC(C)C)SC(C)C. The molecule has 0 aliphatic rings. The minimum atomic E-state index is -3.97. The maximum atomic E-state index is 12.8. The average molecular weight is 362 g/mol. The first-order chi connectivity index (χ1) is 9.37. The Balaban J connectivity index is 5.29. The van der Waals surface area contributed by atoms with Crippen LogP contribution >= 0.6 is 26.0 Å². The van der Waals surface area contributed by atoms with Crippen molar-refractivity contribution in [2.75, 3.05) is 0 Å². The van der Waals surface area contributed by atoms with Gasteiger partial charge >= 0.3 is 14.6 Å². The highest BCUT2D eigenvalue weighted by molar-refractivity contribution is 8.55. The van der Waals surface area contributed by atoms with Crippen LogP contribution in [-0.2, 0) is 27.0 Å². The molecule has 1 atom stereocenters. The Bertz CT molecular complexity index is 333. The van der Waals surface area contributed by atoms with Gasteiger partial charge in [-0.05, 0) is 52.9 Å². The molecule has 0 rings (SSSR count). The van der Waals surface area contributed by atoms with Crippen LogP contribution in [0.3, 0.4) is 0 Å². The van der Waals surface area contributed by atoms with Crippen molar-refractivity contribution in [1.82, 2.24) is 0 Å². The van der Waals surface area contributed by atoms with Gasteiger partial charge in [-0.2, -0.15) is 4.31 Å². The Morgan fingerprint density at radius 1 is 0.714 bits per heavy atom. The lowest BCUT2D eigenvalue weighted by Crippen LogP contribution is -2.11. The van der Waals surface area contributed by atoms with E-state index in [1.165, 1.54) is 0 Å². The second kappa shape index (κ2) is 9.07. The highest BCUT2D eigenvalue weighted by Gasteiger charge is 2.42. The molecule has 0 radical (unpaired) electrons. The van der Waals surface area contributed by atoms with E-state index in [0.29, 0.717) is 0 Å². The van der Waals surface area contributed by atoms with Crippen LogP contribution in [0.4, 0.5) is 0 Å². The third-order valence-corrected chi connectivity index (χ3v) is 8.78. The summed E-state index contributed by atoms with van der Waals surface area (Å²) in [6, 6.07) is 0. The molecule has 1 unspecified atom stereocenters. The van der Waals surface area contributed by atoms with Gasteiger partial charge in [-0.15, -0.1) is 0 Å². The summed E-state index contributed by atoms with van der Waals surface area (Å²) in [6.45, 7) is 10.3. The van der Waals surface area contributed by atoms with Gasteiger partial charge in [0.2, 0.25) is 0 Å². The predicted octanol–water partition coefficient (Wildman–Crippen LogP) is 5.64. The Kier molecular flexibility index (Phi) is 9.35. The molecule has 0 saturated carbocycles. The minimum Gasteiger partial charge on any atom is -0.298 e. The number of phosphoric ester groups is 1. The summed E-state index contributed by atoms with van der Waals surface area (Å²) >= 11 is 0.990. The zero-order valence-corrected chi connectivity index (χ0v) is 16.7. The highest BCUT2D eigenvalue weighted by atomic mass is 32.7. The second-order valence-electron chi connectivity index (χ2n) is 5.59. The van der Waals surface area contributed by atoms with E-state index in [1.807, 2.05) is 13.8 Å². The molecule has 9 heteroatoms. The first-order valence-electron chi connectivity index (χ1n) is 7.02. The van der Waals surface area contributed by atoms with Gasteiger partial charge in [0.1, 0.15) is 0 Å². The Morgan fingerprint density at radius 2 is 1.10 bits per heavy atom. The Morgan fingerprint density at radius 3 is 1.38 bits per heavy atom. The molecule has 0 aliphatic heterocycles. The van der Waals surface area contributed by atoms with Crippen molar-refractivity contribution in [2.45, 2.75) is 79.0 Å². The van der Waals surface area contributed by atoms with Crippen LogP contribution in [-0.4, -0.2) is 23.6 Å². The molecule has 128 valence electrons. The standard InChI is InChI=1S/C12H28O6P2S/c1-9(2)15-19(13,16-10(3)4)18-20(14,17-11(5)6)21-12(7)8/h9-12H,1-8H3. The van der Waals surface area contributed by atoms with E-state index >= 15 is 0 Å². The zero-order valence-electron chi connectivity index (χ0n) is 14.1. The van der Waals surface area contributed by atoms with Gasteiger partial charge in [0.05, 0.1) is 18.3 Å². The summed E-state index contributed by atoms with van der Waals surface area (Å²) in [7, 11) is -3.97. The summed E-state index contributed by atoms with van der Waals surface area (Å²) in [6.07, 6.45) is -1.13. The average Bonchev–Trinajstić information content (AvgIpc) is 2.07. The molecular formula is C12H28O6P2S. The lowest BCUT2D eigenvalue weighted by Gasteiger charge is -2.27. The Hall–Kier alpha value is 0.650. The van der Waals surface area contributed by atoms with E-state index in [0.717, 1.165) is 11.4 Å². The van der Waals surface area contributed by atoms with E-state index < -0.39 is 26.8 Å². The van der Waals surface area contributed by atoms with Gasteiger partial charge < -0.3 is 0 Å². The molecule has 6 nitrogen and oxygen atoms in total. The van der Waals surface area contributed by atoms with E-state index in [4.69, 9.17) is 17.9 Å². The fourth-order valence-electron chi connectivity index (χ4n) is 1.28. The van der Waals surface area contributed by atoms with Crippen molar-refractivity contribution in [3.05, 3.63) is 0 Å². The summed E-state index contributed by atoms with van der Waals surface area (Å²) in [5.41, 5.74) is 0. The lowest BCUT2D eigenvalue weighted by atomic mass is 10.5. The number of hydrogen-bond donors (Lipinski definition) is 0. The van der Waals surface area contributed by atoms with Crippen molar-refractivity contribution in [3.63, 3.8) is 0 Å². The minimum absolute atomic E-state index is 0.0267. The lowest BCUT2D eigenvalue weighted by molar-refractivity contribution is 0.0969. The molecule has 0 fully saturated rings. The van der Waals surface area contributed by atoms with Crippen molar-refractivity contribution >= 4 is 26.0 Å². The first-order valence-corrected chi connectivity index (χ1v) is 11.5. The van der Waals surface area contributed by atoms with E-state index in [-0.39, 0.29) is 11.4 Å². The number of phosphoric acid groups is 1. The molecule has 0 bridgehead atoms. The molecule has 0 N–H and O–H groups in total. The van der Waals surface area contributed by atoms with E-state index in [1.54, 1.807) is 41.5 Å². The van der Waals surface area contributed by atoms with Crippen LogP contribution in [0.15, 0.2) is 0 Å². The molecule has 21 heavy (non-hydrogen) atoms. The van der Waals surface area contributed by atoms with Crippen LogP contribution in [0.25, 0.3) is 0 Å². The fraction of sp³-hybridized carbons (Fsp3) is 1.00. The number of hydrogen-bond acceptors (Lipinski definition) is 7. The quantitative estimate of drug-likeness (QED) is 0.466. The van der Waals surface area contributed by atoms with E-state index in [2.05, 4.69) is 0 Å². The van der Waals surface area contributed by atoms with Gasteiger partial charge in [0, 0.05) is 5.25 Å². The fourth-order valence-corrected chi connectivity index (χ4v) is 8.34. The van der Waals surface area contributed by atoms with Gasteiger partial charge in [-0.3, -0.25) is 13.6 Å². The molecule has 0 spiro atoms. The maximum absolute atomic E-state index is 12.8. The topological polar surface area (TPSA) is 71.1 Å². The molecule has 0 heterocycles. The highest BCUT2D eigenvalue weighted by Crippen LogP contribution is 2.73. The van der Waals surface area contributed by atoms with Crippen LogP contribution in [0.2, 0.25) is 0 Å². The van der Waals surface area contributed by atoms with Gasteiger partial charge in [-0.1, -0.05) is 13.8 Å². The van der Waals surface area contributed by atoms with Crippen LogP contribution < -0.4 is 0 Å². The predicted molar refractivity (Wildman–Crippen MR) is 87.7 cm³/mol. The summed E-state index contributed by atoms with van der Waals surface area (Å²) in [5.74, 6) is 0. The summed E-state index contributed by atoms with van der Waals surface area (Å²) in [5, 5.41) is -0.0267. The van der Waals surface area contributed by atoms with Crippen molar-refractivity contribution in [1.29, 1.82) is 0 Å². The van der Waals surface area contributed by atoms with Crippen LogP contribution in [0, 0.1) is 0 Å². The van der Waals surface area contributed by atoms with Gasteiger partial charge in [0.15, 0.2) is 0 Å². The maximum Gasteiger partial charge on any atom is 0.483 e. The molecule has 0 amide bonds. The van der Waals surface area contributed by atoms with Gasteiger partial charge in [0.25, 0.3) is 0 Å². The largest absolute Gasteiger partial charge is 0.483 e. The molecule has 0 saturated heterocycles. The molecular weight excluding hydrogens is 334 g/mol. The zero-order chi connectivity index (χ0) is 16.8. The normalized spacial score (nSPS) is 16.2.